The topological polar surface area (TPSA) is 77.4 Å². The Morgan fingerprint density at radius 1 is 1.07 bits per heavy atom. The molecule has 226 valence electrons. The lowest BCUT2D eigenvalue weighted by Crippen LogP contribution is -2.65. The molecule has 0 aromatic carbocycles. The molecule has 0 radical (unpaired) electrons. The van der Waals surface area contributed by atoms with Gasteiger partial charge in [0, 0.05) is 33.0 Å². The van der Waals surface area contributed by atoms with Crippen molar-refractivity contribution in [3.8, 4) is 0 Å². The van der Waals surface area contributed by atoms with Gasteiger partial charge in [0.25, 0.3) is 0 Å². The largest absolute Gasteiger partial charge is 0.422 e. The number of rotatable bonds is 2. The van der Waals surface area contributed by atoms with Crippen molar-refractivity contribution in [2.75, 3.05) is 0 Å². The van der Waals surface area contributed by atoms with Crippen molar-refractivity contribution < 1.29 is 34.7 Å². The number of halogens is 1. The average molecular weight is 582 g/mol. The molecule has 1 aromatic heterocycles. The summed E-state index contributed by atoms with van der Waals surface area (Å²) in [5, 5.41) is 8.37. The number of ketones is 2. The molecule has 0 saturated heterocycles. The van der Waals surface area contributed by atoms with Crippen LogP contribution in [0.1, 0.15) is 121 Å². The van der Waals surface area contributed by atoms with Crippen LogP contribution in [0.5, 0.6) is 0 Å². The highest BCUT2D eigenvalue weighted by Crippen LogP contribution is 2.74. The molecule has 6 nitrogen and oxygen atoms in total. The number of allylic oxidation sites excluding steroid dienone is 4. The standard InChI is InChI=1S/C33H42FN3O3.6H2/c1-28(2)11-13-33(27-37-36-24(18-34)40-27)14-12-32(7)25(19(33)16-28)21(38)15-23-30(5)17-20(35-8)26(39)29(3,4)22(30)9-10-31(23,32)6;;;;;;/h15,17,19,22,25H,9-14,16,18H2,1-7H3;6*1H/t19-,22-,25-,30-,31+,32+,33-;;;;;;/m0....../s1/i;5*1+2T;1+2. The normalized spacial score (nSPS) is 44.3. The predicted molar refractivity (Wildman–Crippen MR) is 161 cm³/mol. The predicted octanol–water partition coefficient (Wildman–Crippen LogP) is 8.84. The third kappa shape index (κ3) is 3.25. The monoisotopic (exact) mass is 582 g/mol. The van der Waals surface area contributed by atoms with Crippen molar-refractivity contribution in [1.29, 1.82) is 0 Å². The molecule has 0 unspecified atom stereocenters. The fourth-order valence-corrected chi connectivity index (χ4v) is 10.5. The van der Waals surface area contributed by atoms with Gasteiger partial charge in [-0.05, 0) is 79.1 Å². The Bertz CT molecular complexity index is 1450. The highest BCUT2D eigenvalue weighted by Gasteiger charge is 2.70. The molecule has 0 bridgehead atoms. The maximum absolute atomic E-state index is 14.6. The van der Waals surface area contributed by atoms with Crippen molar-refractivity contribution in [3.05, 3.63) is 46.6 Å². The lowest BCUT2D eigenvalue weighted by Gasteiger charge is -2.69. The molecule has 3 fully saturated rings. The zero-order valence-corrected chi connectivity index (χ0v) is 25.0. The summed E-state index contributed by atoms with van der Waals surface area (Å²) in [6.45, 7) is 22.3. The summed E-state index contributed by atoms with van der Waals surface area (Å²) in [6.07, 6.45) is 9.92. The molecule has 7 atom stereocenters. The van der Waals surface area contributed by atoms with Crippen LogP contribution in [0.4, 0.5) is 4.39 Å². The van der Waals surface area contributed by atoms with Gasteiger partial charge in [-0.1, -0.05) is 60.1 Å². The van der Waals surface area contributed by atoms with Crippen LogP contribution in [0.25, 0.3) is 4.85 Å². The number of hydrogen-bond donors (Lipinski definition) is 0. The number of carbonyl (C=O) groups is 2. The van der Waals surface area contributed by atoms with Gasteiger partial charge in [0.15, 0.2) is 18.2 Å². The van der Waals surface area contributed by atoms with Crippen molar-refractivity contribution >= 4 is 11.6 Å². The number of nitrogens with zero attached hydrogens (tertiary/aromatic N) is 3. The molecule has 7 heteroatoms. The van der Waals surface area contributed by atoms with E-state index in [1.165, 1.54) is 0 Å². The van der Waals surface area contributed by atoms with Crippen LogP contribution in [-0.2, 0) is 21.7 Å². The second-order valence-electron chi connectivity index (χ2n) is 15.5. The van der Waals surface area contributed by atoms with E-state index in [4.69, 9.17) is 25.8 Å². The van der Waals surface area contributed by atoms with Gasteiger partial charge in [-0.15, -0.1) is 10.2 Å². The van der Waals surface area contributed by atoms with Gasteiger partial charge in [-0.25, -0.2) is 9.24 Å². The molecule has 6 rings (SSSR count). The first-order valence-electron chi connectivity index (χ1n) is 19.9. The van der Waals surface area contributed by atoms with Crippen molar-refractivity contribution in [1.82, 2.24) is 10.2 Å². The van der Waals surface area contributed by atoms with Gasteiger partial charge >= 0.3 is 0 Å². The van der Waals surface area contributed by atoms with Crippen molar-refractivity contribution in [3.63, 3.8) is 0 Å². The van der Waals surface area contributed by atoms with Gasteiger partial charge < -0.3 is 9.21 Å². The zero-order chi connectivity index (χ0) is 39.1. The van der Waals surface area contributed by atoms with Gasteiger partial charge in [0.05, 0.1) is 12.0 Å². The maximum Gasteiger partial charge on any atom is 0.247 e. The first kappa shape index (κ1) is 22.0. The minimum Gasteiger partial charge on any atom is -0.422 e. The van der Waals surface area contributed by atoms with E-state index < -0.39 is 22.9 Å². The van der Waals surface area contributed by atoms with E-state index in [9.17, 15) is 14.0 Å². The fraction of sp³-hybridized carbons (Fsp3) is 0.727. The molecule has 0 aliphatic heterocycles. The van der Waals surface area contributed by atoms with Crippen LogP contribution in [0, 0.1) is 51.4 Å². The molecule has 0 amide bonds. The van der Waals surface area contributed by atoms with E-state index in [0.29, 0.717) is 5.89 Å². The molecule has 5 aliphatic carbocycles. The smallest absolute Gasteiger partial charge is 0.247 e. The number of aromatic nitrogens is 2. The van der Waals surface area contributed by atoms with Crippen LogP contribution >= 0.6 is 0 Å². The first-order chi connectivity index (χ1) is 23.6. The number of Topliss-reactive ketones (excluding diaryl/α,β-unsaturated/α-hetero) is 1. The molecule has 0 N–H and O–H groups in total. The Hall–Kier alpha value is -2.62. The van der Waals surface area contributed by atoms with Crippen LogP contribution in [0.3, 0.4) is 0 Å². The van der Waals surface area contributed by atoms with Crippen LogP contribution in [0.2, 0.25) is 0 Å². The van der Waals surface area contributed by atoms with Gasteiger partial charge in [0.1, 0.15) is 0 Å². The second-order valence-corrected chi connectivity index (χ2v) is 15.5. The number of alkyl halides is 1. The first-order valence-corrected chi connectivity index (χ1v) is 14.9. The highest BCUT2D eigenvalue weighted by atomic mass is 19.1. The molecule has 1 aromatic rings. The summed E-state index contributed by atoms with van der Waals surface area (Å²) in [5.41, 5.74) is -0.884. The summed E-state index contributed by atoms with van der Waals surface area (Å²) in [6, 6.07) is 0. The molecular formula is C33H54FN3O3. The summed E-state index contributed by atoms with van der Waals surface area (Å²) in [7, 11) is 0. The Morgan fingerprint density at radius 3 is 2.42 bits per heavy atom. The summed E-state index contributed by atoms with van der Waals surface area (Å²) < 4.78 is 69.4. The summed E-state index contributed by atoms with van der Waals surface area (Å²) in [4.78, 5) is 31.5. The quantitative estimate of drug-likeness (QED) is 0.326. The van der Waals surface area contributed by atoms with E-state index in [0.717, 1.165) is 50.5 Å². The minimum absolute atomic E-state index is 0. The average Bonchev–Trinajstić information content (AvgIpc) is 3.62. The fourth-order valence-electron chi connectivity index (χ4n) is 10.5. The van der Waals surface area contributed by atoms with Gasteiger partial charge in [-0.3, -0.25) is 4.79 Å². The molecule has 0 spiro atoms. The molecule has 3 saturated carbocycles. The van der Waals surface area contributed by atoms with E-state index >= 15 is 0 Å². The lowest BCUT2D eigenvalue weighted by atomic mass is 9.34. The van der Waals surface area contributed by atoms with Crippen molar-refractivity contribution in [2.24, 2.45) is 44.8 Å². The molecule has 5 aliphatic rings. The number of carbonyl (C=O) groups excluding carboxylic acids is 2. The summed E-state index contributed by atoms with van der Waals surface area (Å²) >= 11 is 0. The van der Waals surface area contributed by atoms with Crippen LogP contribution in [-0.4, -0.2) is 21.8 Å². The van der Waals surface area contributed by atoms with Gasteiger partial charge in [0.2, 0.25) is 17.5 Å². The van der Waals surface area contributed by atoms with Gasteiger partial charge in [-0.2, -0.15) is 0 Å². The number of fused-ring (bicyclic) bond motifs is 7. The Labute approximate surface area is 254 Å². The zero-order valence-electron chi connectivity index (χ0n) is 35.0. The van der Waals surface area contributed by atoms with E-state index in [1.54, 1.807) is 0 Å². The third-order valence-corrected chi connectivity index (χ3v) is 12.8. The summed E-state index contributed by atoms with van der Waals surface area (Å²) in [5.74, 6) is 0.379. The maximum atomic E-state index is 14.6. The van der Waals surface area contributed by atoms with Crippen LogP contribution in [0.15, 0.2) is 27.8 Å². The molecule has 40 heavy (non-hydrogen) atoms. The minimum atomic E-state index is -0.789. The van der Waals surface area contributed by atoms with Crippen molar-refractivity contribution in [2.45, 2.75) is 106 Å². The molecular weight excluding hydrogens is 505 g/mol. The molecule has 1 heterocycles. The lowest BCUT2D eigenvalue weighted by molar-refractivity contribution is -0.161. The van der Waals surface area contributed by atoms with E-state index in [2.05, 4.69) is 49.7 Å². The Morgan fingerprint density at radius 2 is 1.77 bits per heavy atom. The number of hydrogen-bond acceptors (Lipinski definition) is 5. The van der Waals surface area contributed by atoms with E-state index in [-0.39, 0.29) is 58.6 Å². The van der Waals surface area contributed by atoms with E-state index in [1.807, 2.05) is 26.0 Å². The Kier molecular flexibility index (Phi) is 4.54. The second kappa shape index (κ2) is 8.23. The SMILES string of the molecule is [3HH].[3H][3H].[3H][3H].[3H][3H].[3H][3H].[3H][3H].[C-]#[N+]C1=C[C@]2(C)C3=CC(=O)[C@@H]4[C@@H]5CC(C)(C)CC[C@]5(c5nnc(CF)o5)CC[C@@]4(C)[C@]3(C)CC[C@H]2C(C)(C)C1=O. The van der Waals surface area contributed by atoms with Crippen LogP contribution < -0.4 is 0 Å². The Balaban J connectivity index is 0.00000210. The third-order valence-electron chi connectivity index (χ3n) is 12.8. The highest BCUT2D eigenvalue weighted by molar-refractivity contribution is 6.03.